The van der Waals surface area contributed by atoms with Gasteiger partial charge in [-0.3, -0.25) is 9.89 Å². The maximum Gasteiger partial charge on any atom is 0.224 e. The average molecular weight is 324 g/mol. The van der Waals surface area contributed by atoms with Crippen molar-refractivity contribution in [1.82, 2.24) is 15.5 Å². The normalized spacial score (nSPS) is 20.3. The summed E-state index contributed by atoms with van der Waals surface area (Å²) < 4.78 is 0. The fourth-order valence-corrected chi connectivity index (χ4v) is 2.77. The molecule has 3 rings (SSSR count). The number of rotatable bonds is 4. The Kier molecular flexibility index (Phi) is 3.91. The summed E-state index contributed by atoms with van der Waals surface area (Å²) in [5.74, 6) is 0.339. The molecule has 2 aromatic rings. The molecule has 4 nitrogen and oxygen atoms in total. The molecule has 1 aliphatic rings. The minimum atomic E-state index is 0.0226. The van der Waals surface area contributed by atoms with Crippen LogP contribution < -0.4 is 5.32 Å². The number of amides is 1. The lowest BCUT2D eigenvalue weighted by molar-refractivity contribution is -0.122. The molecule has 0 saturated heterocycles. The van der Waals surface area contributed by atoms with Crippen molar-refractivity contribution in [2.24, 2.45) is 5.92 Å². The van der Waals surface area contributed by atoms with Gasteiger partial charge in [0.25, 0.3) is 0 Å². The van der Waals surface area contributed by atoms with Crippen LogP contribution in [0.2, 0.25) is 10.0 Å². The predicted octanol–water partition coefficient (Wildman–Crippen LogP) is 3.44. The maximum atomic E-state index is 12.1. The van der Waals surface area contributed by atoms with Gasteiger partial charge >= 0.3 is 0 Å². The molecule has 1 amide bonds. The highest BCUT2D eigenvalue weighted by atomic mass is 35.5. The van der Waals surface area contributed by atoms with Gasteiger partial charge < -0.3 is 5.32 Å². The SMILES string of the molecule is Cc1[nH]ncc1CNC(=O)C1CC1c1ccc(Cl)c(Cl)c1. The Morgan fingerprint density at radius 2 is 2.24 bits per heavy atom. The van der Waals surface area contributed by atoms with Crippen LogP contribution in [0.3, 0.4) is 0 Å². The molecular weight excluding hydrogens is 309 g/mol. The summed E-state index contributed by atoms with van der Waals surface area (Å²) in [5, 5.41) is 10.8. The van der Waals surface area contributed by atoms with Gasteiger partial charge in [0.2, 0.25) is 5.91 Å². The molecule has 1 aromatic carbocycles. The van der Waals surface area contributed by atoms with Gasteiger partial charge in [-0.15, -0.1) is 0 Å². The molecule has 0 aliphatic heterocycles. The van der Waals surface area contributed by atoms with Gasteiger partial charge in [0.15, 0.2) is 0 Å². The zero-order valence-electron chi connectivity index (χ0n) is 11.5. The zero-order chi connectivity index (χ0) is 15.0. The summed E-state index contributed by atoms with van der Waals surface area (Å²) in [7, 11) is 0. The van der Waals surface area contributed by atoms with Crippen LogP contribution in [0.4, 0.5) is 0 Å². The minimum Gasteiger partial charge on any atom is -0.352 e. The molecule has 2 atom stereocenters. The van der Waals surface area contributed by atoms with Crippen LogP contribution in [0.25, 0.3) is 0 Å². The van der Waals surface area contributed by atoms with Crippen LogP contribution in [-0.4, -0.2) is 16.1 Å². The molecule has 1 aromatic heterocycles. The summed E-state index contributed by atoms with van der Waals surface area (Å²) in [4.78, 5) is 12.1. The summed E-state index contributed by atoms with van der Waals surface area (Å²) in [6.07, 6.45) is 2.59. The third-order valence-corrected chi connectivity index (χ3v) is 4.63. The molecule has 1 saturated carbocycles. The molecule has 2 unspecified atom stereocenters. The number of aryl methyl sites for hydroxylation is 1. The average Bonchev–Trinajstić information content (AvgIpc) is 3.16. The molecule has 1 aliphatic carbocycles. The zero-order valence-corrected chi connectivity index (χ0v) is 13.0. The Balaban J connectivity index is 1.58. The third-order valence-electron chi connectivity index (χ3n) is 3.89. The fraction of sp³-hybridized carbons (Fsp3) is 0.333. The van der Waals surface area contributed by atoms with E-state index < -0.39 is 0 Å². The summed E-state index contributed by atoms with van der Waals surface area (Å²) >= 11 is 11.9. The number of hydrogen-bond donors (Lipinski definition) is 2. The molecule has 1 heterocycles. The van der Waals surface area contributed by atoms with Crippen molar-refractivity contribution >= 4 is 29.1 Å². The Hall–Kier alpha value is -1.52. The first-order valence-corrected chi connectivity index (χ1v) is 7.53. The highest BCUT2D eigenvalue weighted by Crippen LogP contribution is 2.48. The highest BCUT2D eigenvalue weighted by molar-refractivity contribution is 6.42. The number of hydrogen-bond acceptors (Lipinski definition) is 2. The second-order valence-corrected chi connectivity index (χ2v) is 6.17. The maximum absolute atomic E-state index is 12.1. The van der Waals surface area contributed by atoms with E-state index in [9.17, 15) is 4.79 Å². The van der Waals surface area contributed by atoms with Crippen molar-refractivity contribution < 1.29 is 4.79 Å². The van der Waals surface area contributed by atoms with Crippen molar-refractivity contribution in [3.63, 3.8) is 0 Å². The Labute approximate surface area is 132 Å². The van der Waals surface area contributed by atoms with Gasteiger partial charge in [0.1, 0.15) is 0 Å². The number of aromatic nitrogens is 2. The lowest BCUT2D eigenvalue weighted by Crippen LogP contribution is -2.25. The first kappa shape index (κ1) is 14.4. The molecule has 6 heteroatoms. The highest BCUT2D eigenvalue weighted by Gasteiger charge is 2.43. The van der Waals surface area contributed by atoms with Gasteiger partial charge in [-0.25, -0.2) is 0 Å². The van der Waals surface area contributed by atoms with E-state index in [1.807, 2.05) is 19.1 Å². The Bertz CT molecular complexity index is 683. The first-order valence-electron chi connectivity index (χ1n) is 6.77. The second-order valence-electron chi connectivity index (χ2n) is 5.36. The molecular formula is C15H15Cl2N3O. The first-order chi connectivity index (χ1) is 10.1. The van der Waals surface area contributed by atoms with Crippen LogP contribution in [0.5, 0.6) is 0 Å². The van der Waals surface area contributed by atoms with E-state index >= 15 is 0 Å². The van der Waals surface area contributed by atoms with Crippen LogP contribution in [-0.2, 0) is 11.3 Å². The molecule has 2 N–H and O–H groups in total. The van der Waals surface area contributed by atoms with Crippen LogP contribution in [0.1, 0.15) is 29.2 Å². The van der Waals surface area contributed by atoms with Gasteiger partial charge in [0.05, 0.1) is 16.2 Å². The van der Waals surface area contributed by atoms with E-state index in [2.05, 4.69) is 15.5 Å². The van der Waals surface area contributed by atoms with Crippen molar-refractivity contribution in [1.29, 1.82) is 0 Å². The number of nitrogens with one attached hydrogen (secondary N) is 2. The smallest absolute Gasteiger partial charge is 0.224 e. The number of benzene rings is 1. The van der Waals surface area contributed by atoms with Crippen molar-refractivity contribution in [3.05, 3.63) is 51.3 Å². The molecule has 110 valence electrons. The summed E-state index contributed by atoms with van der Waals surface area (Å²) in [5.41, 5.74) is 3.06. The Morgan fingerprint density at radius 1 is 1.43 bits per heavy atom. The summed E-state index contributed by atoms with van der Waals surface area (Å²) in [6.45, 7) is 2.44. The van der Waals surface area contributed by atoms with E-state index in [4.69, 9.17) is 23.2 Å². The lowest BCUT2D eigenvalue weighted by atomic mass is 10.1. The Morgan fingerprint density at radius 3 is 2.90 bits per heavy atom. The lowest BCUT2D eigenvalue weighted by Gasteiger charge is -2.05. The van der Waals surface area contributed by atoms with Crippen LogP contribution >= 0.6 is 23.2 Å². The predicted molar refractivity (Wildman–Crippen MR) is 82.5 cm³/mol. The van der Waals surface area contributed by atoms with E-state index in [0.29, 0.717) is 16.6 Å². The number of carbonyl (C=O) groups excluding carboxylic acids is 1. The van der Waals surface area contributed by atoms with E-state index in [1.54, 1.807) is 12.3 Å². The third kappa shape index (κ3) is 3.06. The van der Waals surface area contributed by atoms with Gasteiger partial charge in [-0.05, 0) is 37.0 Å². The topological polar surface area (TPSA) is 57.8 Å². The molecule has 0 bridgehead atoms. The van der Waals surface area contributed by atoms with E-state index in [0.717, 1.165) is 23.2 Å². The van der Waals surface area contributed by atoms with Crippen molar-refractivity contribution in [3.8, 4) is 0 Å². The van der Waals surface area contributed by atoms with Crippen molar-refractivity contribution in [2.45, 2.75) is 25.8 Å². The van der Waals surface area contributed by atoms with Crippen LogP contribution in [0.15, 0.2) is 24.4 Å². The van der Waals surface area contributed by atoms with Crippen molar-refractivity contribution in [2.75, 3.05) is 0 Å². The van der Waals surface area contributed by atoms with Gasteiger partial charge in [-0.2, -0.15) is 5.10 Å². The minimum absolute atomic E-state index is 0.0226. The largest absolute Gasteiger partial charge is 0.352 e. The number of nitrogens with zero attached hydrogens (tertiary/aromatic N) is 1. The number of aromatic amines is 1. The molecule has 21 heavy (non-hydrogen) atoms. The van der Waals surface area contributed by atoms with E-state index in [1.165, 1.54) is 0 Å². The van der Waals surface area contributed by atoms with Crippen LogP contribution in [0, 0.1) is 12.8 Å². The summed E-state index contributed by atoms with van der Waals surface area (Å²) in [6, 6.07) is 5.57. The second kappa shape index (κ2) is 5.70. The fourth-order valence-electron chi connectivity index (χ4n) is 2.46. The standard InChI is InChI=1S/C15H15Cl2N3O/c1-8-10(7-19-20-8)6-18-15(21)12-5-11(12)9-2-3-13(16)14(17)4-9/h2-4,7,11-12H,5-6H2,1H3,(H,18,21)(H,19,20). The van der Waals surface area contributed by atoms with Gasteiger partial charge in [-0.1, -0.05) is 29.3 Å². The van der Waals surface area contributed by atoms with E-state index in [-0.39, 0.29) is 17.7 Å². The monoisotopic (exact) mass is 323 g/mol. The van der Waals surface area contributed by atoms with Gasteiger partial charge in [0, 0.05) is 23.7 Å². The number of H-pyrrole nitrogens is 1. The molecule has 0 spiro atoms. The molecule has 0 radical (unpaired) electrons. The quantitative estimate of drug-likeness (QED) is 0.905. The number of halogens is 2. The number of carbonyl (C=O) groups is 1. The molecule has 1 fully saturated rings.